The molecule has 0 radical (unpaired) electrons. The van der Waals surface area contributed by atoms with Crippen molar-refractivity contribution in [3.05, 3.63) is 50.7 Å². The number of nitrogens with zero attached hydrogens (tertiary/aromatic N) is 2. The van der Waals surface area contributed by atoms with Gasteiger partial charge in [0.1, 0.15) is 9.77 Å². The van der Waals surface area contributed by atoms with Crippen LogP contribution >= 0.6 is 11.3 Å². The van der Waals surface area contributed by atoms with E-state index >= 15 is 0 Å². The summed E-state index contributed by atoms with van der Waals surface area (Å²) in [5.41, 5.74) is -0.361. The highest BCUT2D eigenvalue weighted by Crippen LogP contribution is 2.27. The standard InChI is InChI=1S/C17H20N4O7S3/c22-17(16-15(6-11-29-16)31(27,28)20-9-1-2-10-20)18-7-8-19-30(25,26)14-5-3-4-13(12-14)21(23)24/h3-6,11-12,19H,1-2,7-10H2,(H,18,22). The fourth-order valence-corrected chi connectivity index (χ4v) is 6.93. The summed E-state index contributed by atoms with van der Waals surface area (Å²) in [6.07, 6.45) is 1.55. The quantitative estimate of drug-likeness (QED) is 0.305. The minimum absolute atomic E-state index is 0.0356. The first kappa shape index (κ1) is 23.3. The molecule has 14 heteroatoms. The van der Waals surface area contributed by atoms with Gasteiger partial charge in [-0.05, 0) is 30.4 Å². The molecule has 1 saturated heterocycles. The molecule has 0 bridgehead atoms. The van der Waals surface area contributed by atoms with Gasteiger partial charge in [-0.2, -0.15) is 4.31 Å². The predicted octanol–water partition coefficient (Wildman–Crippen LogP) is 1.15. The second-order valence-electron chi connectivity index (χ2n) is 6.63. The smallest absolute Gasteiger partial charge is 0.270 e. The molecule has 2 N–H and O–H groups in total. The molecule has 1 aliphatic heterocycles. The number of benzene rings is 1. The maximum absolute atomic E-state index is 12.7. The Balaban J connectivity index is 1.60. The summed E-state index contributed by atoms with van der Waals surface area (Å²) in [4.78, 5) is 22.3. The van der Waals surface area contributed by atoms with Gasteiger partial charge in [0.05, 0.1) is 9.82 Å². The van der Waals surface area contributed by atoms with Crippen LogP contribution in [0.3, 0.4) is 0 Å². The summed E-state index contributed by atoms with van der Waals surface area (Å²) in [6, 6.07) is 5.97. The molecule has 0 aliphatic carbocycles. The Hall–Kier alpha value is -2.39. The molecular formula is C17H20N4O7S3. The molecule has 3 rings (SSSR count). The van der Waals surface area contributed by atoms with Gasteiger partial charge in [-0.1, -0.05) is 6.07 Å². The zero-order valence-corrected chi connectivity index (χ0v) is 18.6. The first-order chi connectivity index (χ1) is 14.6. The number of nitro benzene ring substituents is 1. The first-order valence-electron chi connectivity index (χ1n) is 9.23. The Bertz CT molecular complexity index is 1190. The van der Waals surface area contributed by atoms with Crippen molar-refractivity contribution in [2.24, 2.45) is 0 Å². The molecule has 31 heavy (non-hydrogen) atoms. The van der Waals surface area contributed by atoms with Crippen molar-refractivity contribution in [2.75, 3.05) is 26.2 Å². The second kappa shape index (κ2) is 9.40. The third kappa shape index (κ3) is 5.27. The van der Waals surface area contributed by atoms with Crippen LogP contribution in [0.1, 0.15) is 22.5 Å². The van der Waals surface area contributed by atoms with E-state index in [4.69, 9.17) is 0 Å². The van der Waals surface area contributed by atoms with Crippen molar-refractivity contribution in [1.82, 2.24) is 14.3 Å². The fraction of sp³-hybridized carbons (Fsp3) is 0.353. The second-order valence-corrected chi connectivity index (χ2v) is 11.2. The minimum Gasteiger partial charge on any atom is -0.350 e. The lowest BCUT2D eigenvalue weighted by Crippen LogP contribution is -2.35. The third-order valence-corrected chi connectivity index (χ3v) is 9.00. The maximum Gasteiger partial charge on any atom is 0.270 e. The number of nitrogens with one attached hydrogen (secondary N) is 2. The predicted molar refractivity (Wildman–Crippen MR) is 113 cm³/mol. The van der Waals surface area contributed by atoms with Crippen LogP contribution in [0.15, 0.2) is 45.5 Å². The third-order valence-electron chi connectivity index (χ3n) is 4.56. The number of carbonyl (C=O) groups is 1. The molecule has 1 aromatic carbocycles. The highest BCUT2D eigenvalue weighted by atomic mass is 32.2. The van der Waals surface area contributed by atoms with E-state index in [9.17, 15) is 31.7 Å². The van der Waals surface area contributed by atoms with E-state index in [-0.39, 0.29) is 33.4 Å². The number of amides is 1. The van der Waals surface area contributed by atoms with E-state index in [1.165, 1.54) is 34.0 Å². The van der Waals surface area contributed by atoms with Gasteiger partial charge in [-0.15, -0.1) is 11.3 Å². The molecule has 11 nitrogen and oxygen atoms in total. The lowest BCUT2D eigenvalue weighted by atomic mass is 10.3. The van der Waals surface area contributed by atoms with Gasteiger partial charge in [-0.3, -0.25) is 14.9 Å². The average Bonchev–Trinajstić information content (AvgIpc) is 3.44. The number of carbonyl (C=O) groups excluding carboxylic acids is 1. The number of nitro groups is 1. The molecule has 0 unspecified atom stereocenters. The van der Waals surface area contributed by atoms with Crippen LogP contribution in [-0.4, -0.2) is 58.2 Å². The zero-order chi connectivity index (χ0) is 22.6. The monoisotopic (exact) mass is 488 g/mol. The summed E-state index contributed by atoms with van der Waals surface area (Å²) in [7, 11) is -7.77. The Morgan fingerprint density at radius 1 is 1.13 bits per heavy atom. The average molecular weight is 489 g/mol. The van der Waals surface area contributed by atoms with Crippen molar-refractivity contribution >= 4 is 43.0 Å². The Labute approximate surface area is 183 Å². The van der Waals surface area contributed by atoms with Crippen molar-refractivity contribution < 1.29 is 26.6 Å². The van der Waals surface area contributed by atoms with Gasteiger partial charge in [0.15, 0.2) is 0 Å². The van der Waals surface area contributed by atoms with E-state index in [1.54, 1.807) is 0 Å². The summed E-state index contributed by atoms with van der Waals surface area (Å²) < 4.78 is 53.6. The van der Waals surface area contributed by atoms with Crippen LogP contribution in [-0.2, 0) is 20.0 Å². The molecule has 1 amide bonds. The molecule has 2 heterocycles. The van der Waals surface area contributed by atoms with E-state index in [1.807, 2.05) is 0 Å². The maximum atomic E-state index is 12.7. The lowest BCUT2D eigenvalue weighted by Gasteiger charge is -2.15. The van der Waals surface area contributed by atoms with E-state index < -0.39 is 30.9 Å². The molecule has 0 spiro atoms. The number of non-ortho nitro benzene ring substituents is 1. The molecule has 0 atom stereocenters. The number of hydrogen-bond acceptors (Lipinski definition) is 8. The number of rotatable bonds is 9. The van der Waals surface area contributed by atoms with Gasteiger partial charge in [0.2, 0.25) is 20.0 Å². The van der Waals surface area contributed by atoms with Crippen LogP contribution < -0.4 is 10.0 Å². The van der Waals surface area contributed by atoms with Gasteiger partial charge in [-0.25, -0.2) is 21.6 Å². The first-order valence-corrected chi connectivity index (χ1v) is 13.0. The van der Waals surface area contributed by atoms with Crippen LogP contribution in [0, 0.1) is 10.1 Å². The molecule has 1 fully saturated rings. The van der Waals surface area contributed by atoms with Crippen molar-refractivity contribution in [3.8, 4) is 0 Å². The van der Waals surface area contributed by atoms with Crippen molar-refractivity contribution in [3.63, 3.8) is 0 Å². The van der Waals surface area contributed by atoms with E-state index in [0.29, 0.717) is 13.1 Å². The summed E-state index contributed by atoms with van der Waals surface area (Å²) in [6.45, 7) is 0.543. The lowest BCUT2D eigenvalue weighted by molar-refractivity contribution is -0.385. The normalized spacial score (nSPS) is 15.1. The van der Waals surface area contributed by atoms with Gasteiger partial charge < -0.3 is 5.32 Å². The van der Waals surface area contributed by atoms with Crippen LogP contribution in [0.2, 0.25) is 0 Å². The van der Waals surface area contributed by atoms with Gasteiger partial charge >= 0.3 is 0 Å². The Kier molecular flexibility index (Phi) is 7.06. The van der Waals surface area contributed by atoms with Crippen molar-refractivity contribution in [2.45, 2.75) is 22.6 Å². The Morgan fingerprint density at radius 3 is 2.52 bits per heavy atom. The highest BCUT2D eigenvalue weighted by Gasteiger charge is 2.31. The zero-order valence-electron chi connectivity index (χ0n) is 16.2. The summed E-state index contributed by atoms with van der Waals surface area (Å²) >= 11 is 0.988. The Morgan fingerprint density at radius 2 is 1.84 bits per heavy atom. The molecular weight excluding hydrogens is 468 g/mol. The number of sulfonamides is 2. The van der Waals surface area contributed by atoms with Gasteiger partial charge in [0, 0.05) is 38.3 Å². The van der Waals surface area contributed by atoms with E-state index in [0.717, 1.165) is 30.2 Å². The fourth-order valence-electron chi connectivity index (χ4n) is 3.02. The largest absolute Gasteiger partial charge is 0.350 e. The summed E-state index contributed by atoms with van der Waals surface area (Å²) in [5.74, 6) is -0.623. The van der Waals surface area contributed by atoms with Crippen molar-refractivity contribution in [1.29, 1.82) is 0 Å². The minimum atomic E-state index is -4.02. The number of hydrogen-bond donors (Lipinski definition) is 2. The molecule has 2 aromatic rings. The molecule has 168 valence electrons. The van der Waals surface area contributed by atoms with Crippen LogP contribution in [0.25, 0.3) is 0 Å². The van der Waals surface area contributed by atoms with Crippen LogP contribution in [0.5, 0.6) is 0 Å². The number of thiophene rings is 1. The molecule has 1 aliphatic rings. The van der Waals surface area contributed by atoms with Crippen LogP contribution in [0.4, 0.5) is 5.69 Å². The molecule has 0 saturated carbocycles. The topological polar surface area (TPSA) is 156 Å². The SMILES string of the molecule is O=C(NCCNS(=O)(=O)c1cccc([N+](=O)[O-])c1)c1sccc1S(=O)(=O)N1CCCC1. The summed E-state index contributed by atoms with van der Waals surface area (Å²) in [5, 5.41) is 14.8. The highest BCUT2D eigenvalue weighted by molar-refractivity contribution is 7.89. The van der Waals surface area contributed by atoms with Gasteiger partial charge in [0.25, 0.3) is 11.6 Å². The molecule has 1 aromatic heterocycles. The van der Waals surface area contributed by atoms with E-state index in [2.05, 4.69) is 10.0 Å².